The first-order valence-electron chi connectivity index (χ1n) is 4.96. The minimum Gasteiger partial charge on any atom is -0.361 e. The maximum Gasteiger partial charge on any atom is 0.166 e. The molecule has 70 valence electrons. The normalized spacial score (nSPS) is 16.0. The van der Waals surface area contributed by atoms with Crippen molar-refractivity contribution in [3.05, 3.63) is 36.0 Å². The van der Waals surface area contributed by atoms with Crippen LogP contribution in [0, 0.1) is 5.92 Å². The zero-order valence-corrected chi connectivity index (χ0v) is 7.79. The van der Waals surface area contributed by atoms with Gasteiger partial charge in [-0.2, -0.15) is 0 Å². The van der Waals surface area contributed by atoms with Gasteiger partial charge in [0.05, 0.1) is 0 Å². The fraction of sp³-hybridized carbons (Fsp3) is 0.250. The molecule has 14 heavy (non-hydrogen) atoms. The number of aromatic nitrogens is 1. The van der Waals surface area contributed by atoms with Gasteiger partial charge < -0.3 is 4.98 Å². The van der Waals surface area contributed by atoms with E-state index in [0.29, 0.717) is 11.7 Å². The van der Waals surface area contributed by atoms with Crippen LogP contribution in [0.2, 0.25) is 0 Å². The Hall–Kier alpha value is -1.57. The summed E-state index contributed by atoms with van der Waals surface area (Å²) < 4.78 is 0. The lowest BCUT2D eigenvalue weighted by Crippen LogP contribution is -2.00. The van der Waals surface area contributed by atoms with E-state index < -0.39 is 0 Å². The van der Waals surface area contributed by atoms with Gasteiger partial charge >= 0.3 is 0 Å². The Bertz CT molecular complexity index is 494. The second kappa shape index (κ2) is 2.71. The van der Waals surface area contributed by atoms with E-state index in [1.54, 1.807) is 0 Å². The molecule has 0 aliphatic heterocycles. The molecular weight excluding hydrogens is 174 g/mol. The first kappa shape index (κ1) is 7.80. The molecule has 0 atom stereocenters. The van der Waals surface area contributed by atoms with Crippen molar-refractivity contribution in [2.45, 2.75) is 12.8 Å². The van der Waals surface area contributed by atoms with Crippen molar-refractivity contribution in [3.8, 4) is 0 Å². The molecule has 1 aliphatic carbocycles. The molecule has 2 nitrogen and oxygen atoms in total. The van der Waals surface area contributed by atoms with E-state index in [-0.39, 0.29) is 0 Å². The van der Waals surface area contributed by atoms with Gasteiger partial charge in [-0.3, -0.25) is 4.79 Å². The molecule has 2 aromatic rings. The number of benzene rings is 1. The molecule has 1 fully saturated rings. The number of hydrogen-bond donors (Lipinski definition) is 1. The number of rotatable bonds is 2. The molecule has 0 unspecified atom stereocenters. The molecule has 3 rings (SSSR count). The summed E-state index contributed by atoms with van der Waals surface area (Å²) >= 11 is 0. The van der Waals surface area contributed by atoms with Crippen LogP contribution >= 0.6 is 0 Å². The van der Waals surface area contributed by atoms with Gasteiger partial charge in [-0.05, 0) is 30.4 Å². The summed E-state index contributed by atoms with van der Waals surface area (Å²) in [5.74, 6) is 0.615. The van der Waals surface area contributed by atoms with E-state index in [2.05, 4.69) is 4.98 Å². The number of carbonyl (C=O) groups excluding carboxylic acids is 1. The molecule has 1 saturated carbocycles. The summed E-state index contributed by atoms with van der Waals surface area (Å²) in [5, 5.41) is 1.16. The van der Waals surface area contributed by atoms with Gasteiger partial charge in [0.15, 0.2) is 5.78 Å². The smallest absolute Gasteiger partial charge is 0.166 e. The molecular formula is C12H11NO. The molecule has 0 radical (unpaired) electrons. The zero-order chi connectivity index (χ0) is 9.54. The van der Waals surface area contributed by atoms with Gasteiger partial charge in [0.25, 0.3) is 0 Å². The van der Waals surface area contributed by atoms with E-state index in [0.717, 1.165) is 29.3 Å². The largest absolute Gasteiger partial charge is 0.361 e. The average molecular weight is 185 g/mol. The molecule has 0 bridgehead atoms. The maximum atomic E-state index is 11.8. The number of ketones is 1. The summed E-state index contributed by atoms with van der Waals surface area (Å²) in [6.45, 7) is 0. The first-order valence-corrected chi connectivity index (χ1v) is 4.96. The van der Waals surface area contributed by atoms with Crippen molar-refractivity contribution in [2.24, 2.45) is 5.92 Å². The molecule has 1 N–H and O–H groups in total. The van der Waals surface area contributed by atoms with Gasteiger partial charge in [-0.15, -0.1) is 0 Å². The Kier molecular flexibility index (Phi) is 1.51. The lowest BCUT2D eigenvalue weighted by Gasteiger charge is -1.98. The Morgan fingerprint density at radius 1 is 1.29 bits per heavy atom. The third-order valence-corrected chi connectivity index (χ3v) is 2.79. The van der Waals surface area contributed by atoms with Crippen LogP contribution in [-0.2, 0) is 0 Å². The van der Waals surface area contributed by atoms with Crippen LogP contribution in [0.3, 0.4) is 0 Å². The molecule has 0 saturated heterocycles. The van der Waals surface area contributed by atoms with Gasteiger partial charge in [0, 0.05) is 23.2 Å². The summed E-state index contributed by atoms with van der Waals surface area (Å²) in [5.41, 5.74) is 1.90. The van der Waals surface area contributed by atoms with Crippen molar-refractivity contribution in [1.29, 1.82) is 0 Å². The second-order valence-corrected chi connectivity index (χ2v) is 3.92. The molecule has 1 aromatic heterocycles. The quantitative estimate of drug-likeness (QED) is 0.717. The Morgan fingerprint density at radius 2 is 2.14 bits per heavy atom. The molecule has 0 amide bonds. The van der Waals surface area contributed by atoms with Crippen molar-refractivity contribution in [1.82, 2.24) is 4.98 Å². The number of carbonyl (C=O) groups is 1. The number of aromatic amines is 1. The third kappa shape index (κ3) is 1.15. The van der Waals surface area contributed by atoms with Crippen LogP contribution < -0.4 is 0 Å². The Morgan fingerprint density at radius 3 is 2.93 bits per heavy atom. The zero-order valence-electron chi connectivity index (χ0n) is 7.79. The molecule has 1 aliphatic rings. The first-order chi connectivity index (χ1) is 6.84. The second-order valence-electron chi connectivity index (χ2n) is 3.92. The van der Waals surface area contributed by atoms with Crippen LogP contribution in [0.15, 0.2) is 30.5 Å². The van der Waals surface area contributed by atoms with Crippen LogP contribution in [-0.4, -0.2) is 10.8 Å². The Balaban J connectivity index is 2.07. The van der Waals surface area contributed by atoms with Crippen LogP contribution in [0.5, 0.6) is 0 Å². The summed E-state index contributed by atoms with van der Waals surface area (Å²) in [4.78, 5) is 14.9. The summed E-state index contributed by atoms with van der Waals surface area (Å²) in [7, 11) is 0. The fourth-order valence-electron chi connectivity index (χ4n) is 1.78. The van der Waals surface area contributed by atoms with E-state index in [1.165, 1.54) is 0 Å². The van der Waals surface area contributed by atoms with Crippen LogP contribution in [0.1, 0.15) is 23.2 Å². The van der Waals surface area contributed by atoms with E-state index in [1.807, 2.05) is 30.5 Å². The number of fused-ring (bicyclic) bond motifs is 1. The standard InChI is InChI=1S/C12H11NO/c14-12(9-2-3-9)10-4-1-8-5-6-13-11(8)7-10/h1,4-7,9,13H,2-3H2. The minimum absolute atomic E-state index is 0.307. The molecule has 2 heteroatoms. The Labute approximate surface area is 81.9 Å². The summed E-state index contributed by atoms with van der Waals surface area (Å²) in [6.07, 6.45) is 4.04. The van der Waals surface area contributed by atoms with Crippen LogP contribution in [0.4, 0.5) is 0 Å². The molecule has 0 spiro atoms. The highest BCUT2D eigenvalue weighted by molar-refractivity contribution is 6.01. The third-order valence-electron chi connectivity index (χ3n) is 2.79. The van der Waals surface area contributed by atoms with Crippen molar-refractivity contribution >= 4 is 16.7 Å². The number of nitrogens with one attached hydrogen (secondary N) is 1. The van der Waals surface area contributed by atoms with Crippen LogP contribution in [0.25, 0.3) is 10.9 Å². The number of Topliss-reactive ketones (excluding diaryl/α,β-unsaturated/α-hetero) is 1. The highest BCUT2D eigenvalue weighted by Gasteiger charge is 2.30. The lowest BCUT2D eigenvalue weighted by molar-refractivity contribution is 0.0968. The highest BCUT2D eigenvalue weighted by Crippen LogP contribution is 2.33. The van der Waals surface area contributed by atoms with E-state index in [4.69, 9.17) is 0 Å². The number of hydrogen-bond acceptors (Lipinski definition) is 1. The molecule has 1 heterocycles. The topological polar surface area (TPSA) is 32.9 Å². The SMILES string of the molecule is O=C(c1ccc2cc[nH]c2c1)C1CC1. The van der Waals surface area contributed by atoms with Crippen molar-refractivity contribution in [2.75, 3.05) is 0 Å². The van der Waals surface area contributed by atoms with Gasteiger partial charge in [0.1, 0.15) is 0 Å². The minimum atomic E-state index is 0.307. The molecule has 1 aromatic carbocycles. The van der Waals surface area contributed by atoms with Gasteiger partial charge in [-0.25, -0.2) is 0 Å². The maximum absolute atomic E-state index is 11.8. The van der Waals surface area contributed by atoms with Gasteiger partial charge in [-0.1, -0.05) is 12.1 Å². The van der Waals surface area contributed by atoms with Crippen molar-refractivity contribution in [3.63, 3.8) is 0 Å². The predicted octanol–water partition coefficient (Wildman–Crippen LogP) is 2.76. The average Bonchev–Trinajstić information content (AvgIpc) is 2.95. The number of H-pyrrole nitrogens is 1. The predicted molar refractivity (Wildman–Crippen MR) is 55.4 cm³/mol. The lowest BCUT2D eigenvalue weighted by atomic mass is 10.1. The van der Waals surface area contributed by atoms with Crippen molar-refractivity contribution < 1.29 is 4.79 Å². The van der Waals surface area contributed by atoms with Gasteiger partial charge in [0.2, 0.25) is 0 Å². The fourth-order valence-corrected chi connectivity index (χ4v) is 1.78. The highest BCUT2D eigenvalue weighted by atomic mass is 16.1. The van der Waals surface area contributed by atoms with E-state index in [9.17, 15) is 4.79 Å². The van der Waals surface area contributed by atoms with E-state index >= 15 is 0 Å². The summed E-state index contributed by atoms with van der Waals surface area (Å²) in [6, 6.07) is 7.90. The monoisotopic (exact) mass is 185 g/mol.